The Morgan fingerprint density at radius 1 is 1.21 bits per heavy atom. The lowest BCUT2D eigenvalue weighted by atomic mass is 10.2. The zero-order valence-electron chi connectivity index (χ0n) is 13.9. The van der Waals surface area contributed by atoms with Gasteiger partial charge in [-0.15, -0.1) is 0 Å². The second kappa shape index (κ2) is 7.63. The molecule has 2 aromatic carbocycles. The zero-order chi connectivity index (χ0) is 20.6. The molecule has 1 heterocycles. The SMILES string of the molecule is O=C1[C@@H](NS(=O)(=O)c2cc([N+](=O)[O-])c(Cl)cc2Cl)CCN1c1ccccc1F. The Hall–Kier alpha value is -2.27. The normalized spacial score (nSPS) is 17.2. The molecular formula is C16H12Cl2FN3O5S. The number of benzene rings is 2. The quantitative estimate of drug-likeness (QED) is 0.559. The van der Waals surface area contributed by atoms with Gasteiger partial charge in [0.05, 0.1) is 15.6 Å². The van der Waals surface area contributed by atoms with Crippen LogP contribution in [0.3, 0.4) is 0 Å². The number of nitrogens with one attached hydrogen (secondary N) is 1. The Bertz CT molecular complexity index is 1080. The van der Waals surface area contributed by atoms with E-state index in [9.17, 15) is 27.7 Å². The average Bonchev–Trinajstić information content (AvgIpc) is 2.94. The predicted molar refractivity (Wildman–Crippen MR) is 101 cm³/mol. The molecule has 28 heavy (non-hydrogen) atoms. The highest BCUT2D eigenvalue weighted by molar-refractivity contribution is 7.89. The molecule has 0 radical (unpaired) electrons. The van der Waals surface area contributed by atoms with E-state index < -0.39 is 43.3 Å². The highest BCUT2D eigenvalue weighted by Gasteiger charge is 2.37. The minimum absolute atomic E-state index is 0.0364. The van der Waals surface area contributed by atoms with Crippen molar-refractivity contribution in [3.05, 3.63) is 62.4 Å². The predicted octanol–water partition coefficient (Wildman–Crippen LogP) is 3.12. The molecule has 12 heteroatoms. The Labute approximate surface area is 169 Å². The minimum Gasteiger partial charge on any atom is -0.308 e. The zero-order valence-corrected chi connectivity index (χ0v) is 16.3. The third-order valence-corrected chi connectivity index (χ3v) is 6.37. The van der Waals surface area contributed by atoms with Crippen molar-refractivity contribution in [3.8, 4) is 0 Å². The molecule has 1 saturated heterocycles. The fraction of sp³-hybridized carbons (Fsp3) is 0.188. The highest BCUT2D eigenvalue weighted by Crippen LogP contribution is 2.34. The standard InChI is InChI=1S/C16H12Cl2FN3O5S/c17-9-7-10(18)15(8-14(9)22(24)25)28(26,27)20-12-5-6-21(16(12)23)13-4-2-1-3-11(13)19/h1-4,7-8,12,20H,5-6H2/t12-/m0/s1. The average molecular weight is 448 g/mol. The lowest BCUT2D eigenvalue weighted by molar-refractivity contribution is -0.384. The van der Waals surface area contributed by atoms with Gasteiger partial charge in [0, 0.05) is 12.6 Å². The van der Waals surface area contributed by atoms with Crippen LogP contribution < -0.4 is 9.62 Å². The third-order valence-electron chi connectivity index (χ3n) is 4.13. The number of anilines is 1. The van der Waals surface area contributed by atoms with Crippen LogP contribution >= 0.6 is 23.2 Å². The summed E-state index contributed by atoms with van der Waals surface area (Å²) >= 11 is 11.6. The van der Waals surface area contributed by atoms with E-state index in [4.69, 9.17) is 23.2 Å². The van der Waals surface area contributed by atoms with Gasteiger partial charge in [0.15, 0.2) is 0 Å². The monoisotopic (exact) mass is 447 g/mol. The van der Waals surface area contributed by atoms with E-state index in [2.05, 4.69) is 4.72 Å². The number of sulfonamides is 1. The van der Waals surface area contributed by atoms with Gasteiger partial charge in [0.1, 0.15) is 21.8 Å². The van der Waals surface area contributed by atoms with Gasteiger partial charge in [-0.05, 0) is 24.6 Å². The Morgan fingerprint density at radius 3 is 2.54 bits per heavy atom. The van der Waals surface area contributed by atoms with Crippen LogP contribution in [0.2, 0.25) is 10.0 Å². The van der Waals surface area contributed by atoms with E-state index in [0.29, 0.717) is 0 Å². The number of para-hydroxylation sites is 1. The molecule has 0 aliphatic carbocycles. The summed E-state index contributed by atoms with van der Waals surface area (Å²) in [5.74, 6) is -1.26. The molecule has 1 N–H and O–H groups in total. The van der Waals surface area contributed by atoms with Crippen LogP contribution in [0.25, 0.3) is 0 Å². The second-order valence-electron chi connectivity index (χ2n) is 5.89. The number of hydrogen-bond donors (Lipinski definition) is 1. The molecule has 1 amide bonds. The number of carbonyl (C=O) groups is 1. The topological polar surface area (TPSA) is 110 Å². The number of hydrogen-bond acceptors (Lipinski definition) is 5. The van der Waals surface area contributed by atoms with Gasteiger partial charge in [0.25, 0.3) is 5.69 Å². The maximum Gasteiger partial charge on any atom is 0.289 e. The molecule has 148 valence electrons. The largest absolute Gasteiger partial charge is 0.308 e. The Kier molecular flexibility index (Phi) is 5.57. The molecule has 2 aromatic rings. The lowest BCUT2D eigenvalue weighted by Crippen LogP contribution is -2.41. The van der Waals surface area contributed by atoms with Crippen LogP contribution in [0.5, 0.6) is 0 Å². The number of nitro benzene ring substituents is 1. The summed E-state index contributed by atoms with van der Waals surface area (Å²) in [6, 6.07) is 6.11. The van der Waals surface area contributed by atoms with E-state index in [1.54, 1.807) is 6.07 Å². The van der Waals surface area contributed by atoms with Crippen LogP contribution in [0.4, 0.5) is 15.8 Å². The molecule has 3 rings (SSSR count). The fourth-order valence-electron chi connectivity index (χ4n) is 2.81. The van der Waals surface area contributed by atoms with Crippen LogP contribution in [-0.2, 0) is 14.8 Å². The van der Waals surface area contributed by atoms with Gasteiger partial charge in [-0.3, -0.25) is 14.9 Å². The van der Waals surface area contributed by atoms with Crippen LogP contribution in [0.15, 0.2) is 41.3 Å². The summed E-state index contributed by atoms with van der Waals surface area (Å²) in [5, 5.41) is 10.4. The van der Waals surface area contributed by atoms with Crippen molar-refractivity contribution in [2.75, 3.05) is 11.4 Å². The number of nitro groups is 1. The smallest absolute Gasteiger partial charge is 0.289 e. The summed E-state index contributed by atoms with van der Waals surface area (Å²) in [7, 11) is -4.38. The summed E-state index contributed by atoms with van der Waals surface area (Å²) < 4.78 is 41.4. The summed E-state index contributed by atoms with van der Waals surface area (Å²) in [4.78, 5) is 23.3. The van der Waals surface area contributed by atoms with Gasteiger partial charge >= 0.3 is 0 Å². The van der Waals surface area contributed by atoms with Crippen molar-refractivity contribution in [2.24, 2.45) is 0 Å². The second-order valence-corrected chi connectivity index (χ2v) is 8.39. The molecule has 0 aromatic heterocycles. The van der Waals surface area contributed by atoms with Crippen LogP contribution in [-0.4, -0.2) is 31.8 Å². The molecule has 1 fully saturated rings. The van der Waals surface area contributed by atoms with E-state index in [1.165, 1.54) is 18.2 Å². The summed E-state index contributed by atoms with van der Waals surface area (Å²) in [6.07, 6.45) is 0.0830. The first-order chi connectivity index (χ1) is 13.1. The Morgan fingerprint density at radius 2 is 1.89 bits per heavy atom. The molecular weight excluding hydrogens is 436 g/mol. The molecule has 1 atom stereocenters. The van der Waals surface area contributed by atoms with Gasteiger partial charge in [-0.1, -0.05) is 35.3 Å². The van der Waals surface area contributed by atoms with E-state index >= 15 is 0 Å². The maximum atomic E-state index is 13.9. The van der Waals surface area contributed by atoms with Gasteiger partial charge in [0.2, 0.25) is 15.9 Å². The lowest BCUT2D eigenvalue weighted by Gasteiger charge is -2.18. The van der Waals surface area contributed by atoms with Crippen molar-refractivity contribution in [1.29, 1.82) is 0 Å². The molecule has 0 spiro atoms. The first kappa shape index (κ1) is 20.5. The van der Waals surface area contributed by atoms with Gasteiger partial charge < -0.3 is 4.90 Å². The number of carbonyl (C=O) groups excluding carboxylic acids is 1. The summed E-state index contributed by atoms with van der Waals surface area (Å²) in [5.41, 5.74) is -0.605. The number of rotatable bonds is 5. The fourth-order valence-corrected chi connectivity index (χ4v) is 4.87. The minimum atomic E-state index is -4.38. The molecule has 0 bridgehead atoms. The molecule has 1 aliphatic heterocycles. The van der Waals surface area contributed by atoms with E-state index in [0.717, 1.165) is 17.0 Å². The van der Waals surface area contributed by atoms with Crippen molar-refractivity contribution in [1.82, 2.24) is 4.72 Å². The molecule has 0 unspecified atom stereocenters. The van der Waals surface area contributed by atoms with Gasteiger partial charge in [-0.2, -0.15) is 4.72 Å². The molecule has 8 nitrogen and oxygen atoms in total. The number of halogens is 3. The van der Waals surface area contributed by atoms with Gasteiger partial charge in [-0.25, -0.2) is 12.8 Å². The molecule has 0 saturated carbocycles. The number of amides is 1. The Balaban J connectivity index is 1.88. The maximum absolute atomic E-state index is 13.9. The van der Waals surface area contributed by atoms with Crippen molar-refractivity contribution in [2.45, 2.75) is 17.4 Å². The van der Waals surface area contributed by atoms with E-state index in [-0.39, 0.29) is 28.7 Å². The van der Waals surface area contributed by atoms with Crippen LogP contribution in [0.1, 0.15) is 6.42 Å². The summed E-state index contributed by atoms with van der Waals surface area (Å²) in [6.45, 7) is 0.0987. The van der Waals surface area contributed by atoms with E-state index in [1.807, 2.05) is 0 Å². The van der Waals surface area contributed by atoms with Crippen molar-refractivity contribution >= 4 is 50.5 Å². The first-order valence-electron chi connectivity index (χ1n) is 7.83. The van der Waals surface area contributed by atoms with Crippen molar-refractivity contribution < 1.29 is 22.5 Å². The first-order valence-corrected chi connectivity index (χ1v) is 10.1. The molecule has 1 aliphatic rings. The number of nitrogens with zero attached hydrogens (tertiary/aromatic N) is 2. The van der Waals surface area contributed by atoms with Crippen molar-refractivity contribution in [3.63, 3.8) is 0 Å². The van der Waals surface area contributed by atoms with Crippen LogP contribution in [0, 0.1) is 15.9 Å². The third kappa shape index (κ3) is 3.81. The highest BCUT2D eigenvalue weighted by atomic mass is 35.5.